The van der Waals surface area contributed by atoms with Crippen molar-refractivity contribution in [2.45, 2.75) is 70.9 Å². The molecule has 2 nitrogen and oxygen atoms in total. The van der Waals surface area contributed by atoms with Gasteiger partial charge in [0.05, 0.1) is 0 Å². The van der Waals surface area contributed by atoms with E-state index in [9.17, 15) is 0 Å². The Morgan fingerprint density at radius 3 is 1.69 bits per heavy atom. The predicted octanol–water partition coefficient (Wildman–Crippen LogP) is 12.3. The summed E-state index contributed by atoms with van der Waals surface area (Å²) in [7, 11) is 0. The van der Waals surface area contributed by atoms with Gasteiger partial charge in [0.1, 0.15) is 0 Å². The summed E-state index contributed by atoms with van der Waals surface area (Å²) in [6.07, 6.45) is 9.20. The van der Waals surface area contributed by atoms with Crippen LogP contribution in [0, 0.1) is 0 Å². The highest BCUT2D eigenvalue weighted by Crippen LogP contribution is 2.51. The number of anilines is 4. The van der Waals surface area contributed by atoms with Crippen molar-refractivity contribution >= 4 is 45.7 Å². The Kier molecular flexibility index (Phi) is 7.06. The molecule has 0 aromatic heterocycles. The van der Waals surface area contributed by atoms with E-state index in [-0.39, 0.29) is 5.41 Å². The molecule has 2 heterocycles. The van der Waals surface area contributed by atoms with Crippen molar-refractivity contribution in [2.75, 3.05) is 9.80 Å². The first kappa shape index (κ1) is 30.0. The van der Waals surface area contributed by atoms with Gasteiger partial charge in [-0.2, -0.15) is 0 Å². The molecule has 2 atom stereocenters. The van der Waals surface area contributed by atoms with Gasteiger partial charge in [0.15, 0.2) is 0 Å². The number of fused-ring (bicyclic) bond motifs is 6. The van der Waals surface area contributed by atoms with Gasteiger partial charge < -0.3 is 9.80 Å². The Hall–Kier alpha value is -5.08. The Morgan fingerprint density at radius 1 is 0.531 bits per heavy atom. The number of para-hydroxylation sites is 2. The van der Waals surface area contributed by atoms with Crippen molar-refractivity contribution in [3.05, 3.63) is 155 Å². The topological polar surface area (TPSA) is 6.48 Å². The molecule has 6 aromatic rings. The molecule has 0 spiro atoms. The summed E-state index contributed by atoms with van der Waals surface area (Å²) < 4.78 is 0. The first-order chi connectivity index (χ1) is 23.8. The first-order valence-corrected chi connectivity index (χ1v) is 18.1. The predicted molar refractivity (Wildman–Crippen MR) is 210 cm³/mol. The van der Waals surface area contributed by atoms with Gasteiger partial charge in [-0.1, -0.05) is 105 Å². The van der Waals surface area contributed by atoms with E-state index >= 15 is 0 Å². The molecule has 9 rings (SSSR count). The Morgan fingerprint density at radius 2 is 1.02 bits per heavy atom. The lowest BCUT2D eigenvalue weighted by molar-refractivity contribution is 0.616. The fraction of sp³-hybridized carbons (Fsp3) is 0.234. The number of aryl methyl sites for hydroxylation is 2. The standard InChI is InChI=1S/C47H44N2/c1-31-13-19-35-9-5-7-11-45(35)48(31)39-23-22-37-27-33(17-21-38(37)29-39)15-16-34-18-25-41-42-26-24-40(30-44(42)47(3,4)43(41)28-34)49-32(2)14-20-36-10-6-8-12-46(36)49/h5-12,15-18,21-32H,13-14,19-20H2,1-4H3/b16-15+. The smallest absolute Gasteiger partial charge is 0.0445 e. The lowest BCUT2D eigenvalue weighted by Crippen LogP contribution is -2.33. The number of rotatable bonds is 4. The maximum atomic E-state index is 2.56. The van der Waals surface area contributed by atoms with Gasteiger partial charge in [-0.05, 0) is 137 Å². The number of hydrogen-bond donors (Lipinski definition) is 0. The van der Waals surface area contributed by atoms with Gasteiger partial charge in [0.2, 0.25) is 0 Å². The molecule has 0 amide bonds. The largest absolute Gasteiger partial charge is 0.338 e. The van der Waals surface area contributed by atoms with E-state index < -0.39 is 0 Å². The van der Waals surface area contributed by atoms with Crippen molar-refractivity contribution in [3.63, 3.8) is 0 Å². The molecule has 242 valence electrons. The summed E-state index contributed by atoms with van der Waals surface area (Å²) in [6.45, 7) is 9.50. The molecular weight excluding hydrogens is 593 g/mol. The van der Waals surface area contributed by atoms with Crippen LogP contribution < -0.4 is 9.80 Å². The van der Waals surface area contributed by atoms with E-state index in [0.717, 1.165) is 12.8 Å². The minimum atomic E-state index is -0.0733. The SMILES string of the molecule is CC1CCc2ccccc2N1c1ccc2c(c1)C(C)(C)c1cc(/C=C/c3ccc4cc(N5c6ccccc6CCC5C)ccc4c3)ccc1-2. The lowest BCUT2D eigenvalue weighted by atomic mass is 9.81. The van der Waals surface area contributed by atoms with Crippen molar-refractivity contribution in [1.82, 2.24) is 0 Å². The van der Waals surface area contributed by atoms with Gasteiger partial charge in [-0.3, -0.25) is 0 Å². The lowest BCUT2D eigenvalue weighted by Gasteiger charge is -2.37. The molecular formula is C47H44N2. The number of hydrogen-bond acceptors (Lipinski definition) is 2. The molecule has 0 bridgehead atoms. The van der Waals surface area contributed by atoms with Crippen molar-refractivity contribution < 1.29 is 0 Å². The fourth-order valence-corrected chi connectivity index (χ4v) is 8.86. The van der Waals surface area contributed by atoms with E-state index in [0.29, 0.717) is 12.1 Å². The molecule has 1 aliphatic carbocycles. The molecule has 0 fully saturated rings. The summed E-state index contributed by atoms with van der Waals surface area (Å²) in [5.41, 5.74) is 16.2. The maximum absolute atomic E-state index is 2.56. The molecule has 6 aromatic carbocycles. The molecule has 2 aliphatic heterocycles. The second-order valence-electron chi connectivity index (χ2n) is 15.1. The zero-order valence-electron chi connectivity index (χ0n) is 29.1. The minimum Gasteiger partial charge on any atom is -0.338 e. The van der Waals surface area contributed by atoms with Crippen LogP contribution in [-0.2, 0) is 18.3 Å². The average Bonchev–Trinajstić information content (AvgIpc) is 3.35. The fourth-order valence-electron chi connectivity index (χ4n) is 8.86. The average molecular weight is 637 g/mol. The van der Waals surface area contributed by atoms with Gasteiger partial charge in [-0.25, -0.2) is 0 Å². The maximum Gasteiger partial charge on any atom is 0.0445 e. The summed E-state index contributed by atoms with van der Waals surface area (Å²) >= 11 is 0. The van der Waals surface area contributed by atoms with Gasteiger partial charge in [0.25, 0.3) is 0 Å². The van der Waals surface area contributed by atoms with Crippen LogP contribution in [0.2, 0.25) is 0 Å². The monoisotopic (exact) mass is 636 g/mol. The third kappa shape index (κ3) is 5.00. The van der Waals surface area contributed by atoms with Crippen LogP contribution in [0.4, 0.5) is 22.7 Å². The molecule has 49 heavy (non-hydrogen) atoms. The van der Waals surface area contributed by atoms with Crippen LogP contribution in [0.1, 0.15) is 73.9 Å². The van der Waals surface area contributed by atoms with Gasteiger partial charge in [-0.15, -0.1) is 0 Å². The normalized spacial score (nSPS) is 19.1. The highest BCUT2D eigenvalue weighted by atomic mass is 15.2. The van der Waals surface area contributed by atoms with E-state index in [1.807, 2.05) is 0 Å². The Bertz CT molecular complexity index is 2270. The second-order valence-corrected chi connectivity index (χ2v) is 15.1. The Labute approximate surface area is 291 Å². The van der Waals surface area contributed by atoms with Crippen LogP contribution in [0.3, 0.4) is 0 Å². The highest BCUT2D eigenvalue weighted by molar-refractivity contribution is 5.90. The van der Waals surface area contributed by atoms with Crippen LogP contribution in [0.15, 0.2) is 121 Å². The minimum absolute atomic E-state index is 0.0733. The third-order valence-corrected chi connectivity index (χ3v) is 11.6. The van der Waals surface area contributed by atoms with Crippen molar-refractivity contribution in [1.29, 1.82) is 0 Å². The highest BCUT2D eigenvalue weighted by Gasteiger charge is 2.36. The number of nitrogens with zero attached hydrogens (tertiary/aromatic N) is 2. The van der Waals surface area contributed by atoms with E-state index in [2.05, 4.69) is 171 Å². The molecule has 2 unspecified atom stereocenters. The van der Waals surface area contributed by atoms with E-state index in [1.165, 1.54) is 90.9 Å². The first-order valence-electron chi connectivity index (χ1n) is 18.1. The van der Waals surface area contributed by atoms with Crippen LogP contribution in [0.5, 0.6) is 0 Å². The summed E-state index contributed by atoms with van der Waals surface area (Å²) in [5, 5.41) is 2.56. The van der Waals surface area contributed by atoms with Crippen molar-refractivity contribution in [3.8, 4) is 11.1 Å². The molecule has 0 saturated carbocycles. The summed E-state index contributed by atoms with van der Waals surface area (Å²) in [5.74, 6) is 0. The van der Waals surface area contributed by atoms with E-state index in [4.69, 9.17) is 0 Å². The van der Waals surface area contributed by atoms with Crippen LogP contribution in [-0.4, -0.2) is 12.1 Å². The second kappa shape index (κ2) is 11.5. The molecule has 0 saturated heterocycles. The van der Waals surface area contributed by atoms with Crippen LogP contribution in [0.25, 0.3) is 34.1 Å². The number of benzene rings is 6. The zero-order chi connectivity index (χ0) is 33.3. The van der Waals surface area contributed by atoms with E-state index in [1.54, 1.807) is 0 Å². The molecule has 3 aliphatic rings. The molecule has 0 N–H and O–H groups in total. The Balaban J connectivity index is 0.985. The molecule has 2 heteroatoms. The quantitative estimate of drug-likeness (QED) is 0.178. The van der Waals surface area contributed by atoms with Crippen LogP contribution >= 0.6 is 0 Å². The van der Waals surface area contributed by atoms with Gasteiger partial charge in [0, 0.05) is 40.2 Å². The molecule has 0 radical (unpaired) electrons. The van der Waals surface area contributed by atoms with Gasteiger partial charge >= 0.3 is 0 Å². The van der Waals surface area contributed by atoms with Crippen molar-refractivity contribution in [2.24, 2.45) is 0 Å². The third-order valence-electron chi connectivity index (χ3n) is 11.6. The zero-order valence-corrected chi connectivity index (χ0v) is 29.1. The summed E-state index contributed by atoms with van der Waals surface area (Å²) in [6, 6.07) is 46.8. The summed E-state index contributed by atoms with van der Waals surface area (Å²) in [4.78, 5) is 5.08.